The van der Waals surface area contributed by atoms with Gasteiger partial charge in [-0.2, -0.15) is 0 Å². The molecule has 0 spiro atoms. The summed E-state index contributed by atoms with van der Waals surface area (Å²) in [6.07, 6.45) is 0. The Morgan fingerprint density at radius 1 is 1.09 bits per heavy atom. The number of carbonyl (C=O) groups excluding carboxylic acids is 1. The Balaban J connectivity index is 2.11. The minimum atomic E-state index is -0.869. The Kier molecular flexibility index (Phi) is 4.94. The lowest BCUT2D eigenvalue weighted by Crippen LogP contribution is -2.43. The molecule has 0 saturated heterocycles. The number of rotatable bonds is 3. The Morgan fingerprint density at radius 2 is 1.77 bits per heavy atom. The summed E-state index contributed by atoms with van der Waals surface area (Å²) in [7, 11) is 0. The maximum atomic E-state index is 13.9. The average molecular weight is 341 g/mol. The van der Waals surface area contributed by atoms with Gasteiger partial charge in [-0.25, -0.2) is 9.18 Å². The maximum absolute atomic E-state index is 13.9. The van der Waals surface area contributed by atoms with Crippen molar-refractivity contribution in [1.29, 1.82) is 0 Å². The predicted octanol–water partition coefficient (Wildman–Crippen LogP) is 5.19. The zero-order valence-corrected chi connectivity index (χ0v) is 13.6. The molecule has 6 heteroatoms. The van der Waals surface area contributed by atoms with E-state index in [0.717, 1.165) is 0 Å². The summed E-state index contributed by atoms with van der Waals surface area (Å²) in [6, 6.07) is 10.6. The van der Waals surface area contributed by atoms with E-state index >= 15 is 0 Å². The molecule has 0 atom stereocenters. The lowest BCUT2D eigenvalue weighted by molar-refractivity contribution is 0.241. The summed E-state index contributed by atoms with van der Waals surface area (Å²) < 4.78 is 13.9. The van der Waals surface area contributed by atoms with Crippen LogP contribution in [-0.2, 0) is 5.54 Å². The van der Waals surface area contributed by atoms with Crippen LogP contribution in [0, 0.1) is 5.82 Å². The molecule has 116 valence electrons. The quantitative estimate of drug-likeness (QED) is 0.793. The van der Waals surface area contributed by atoms with Gasteiger partial charge < -0.3 is 10.6 Å². The van der Waals surface area contributed by atoms with Crippen LogP contribution in [0.2, 0.25) is 10.0 Å². The van der Waals surface area contributed by atoms with Crippen molar-refractivity contribution in [3.63, 3.8) is 0 Å². The fourth-order valence-corrected chi connectivity index (χ4v) is 2.35. The highest BCUT2D eigenvalue weighted by Crippen LogP contribution is 2.26. The molecule has 0 aliphatic rings. The van der Waals surface area contributed by atoms with Crippen molar-refractivity contribution in [2.24, 2.45) is 0 Å². The van der Waals surface area contributed by atoms with E-state index in [-0.39, 0.29) is 5.82 Å². The van der Waals surface area contributed by atoms with Crippen molar-refractivity contribution in [1.82, 2.24) is 5.32 Å². The monoisotopic (exact) mass is 340 g/mol. The smallest absolute Gasteiger partial charge is 0.319 e. The number of hydrogen-bond donors (Lipinski definition) is 2. The summed E-state index contributed by atoms with van der Waals surface area (Å²) in [5.74, 6) is -0.373. The second-order valence-corrected chi connectivity index (χ2v) is 6.13. The molecule has 0 aromatic heterocycles. The summed E-state index contributed by atoms with van der Waals surface area (Å²) in [5, 5.41) is 6.11. The van der Waals surface area contributed by atoms with Gasteiger partial charge in [0.1, 0.15) is 5.82 Å². The number of urea groups is 1. The number of carbonyl (C=O) groups is 1. The lowest BCUT2D eigenvalue weighted by Gasteiger charge is -2.27. The predicted molar refractivity (Wildman–Crippen MR) is 88.0 cm³/mol. The molecule has 0 aliphatic carbocycles. The average Bonchev–Trinajstić information content (AvgIpc) is 2.42. The van der Waals surface area contributed by atoms with Crippen molar-refractivity contribution in [3.8, 4) is 0 Å². The molecule has 22 heavy (non-hydrogen) atoms. The Bertz CT molecular complexity index is 704. The standard InChI is InChI=1S/C16H15Cl2FN2O/c1-16(2,11-5-3-4-6-14(11)19)21-15(22)20-10-7-8-12(17)13(18)9-10/h3-9H,1-2H3,(H2,20,21,22). The first kappa shape index (κ1) is 16.6. The molecule has 2 amide bonds. The molecule has 0 saturated carbocycles. The molecule has 0 radical (unpaired) electrons. The molecule has 2 rings (SSSR count). The van der Waals surface area contributed by atoms with Gasteiger partial charge in [0.25, 0.3) is 0 Å². The van der Waals surface area contributed by atoms with Crippen molar-refractivity contribution >= 4 is 34.9 Å². The molecule has 2 aromatic rings. The zero-order chi connectivity index (χ0) is 16.3. The van der Waals surface area contributed by atoms with Gasteiger partial charge in [-0.15, -0.1) is 0 Å². The number of benzene rings is 2. The number of anilines is 1. The minimum absolute atomic E-state index is 0.341. The zero-order valence-electron chi connectivity index (χ0n) is 12.1. The first-order chi connectivity index (χ1) is 10.3. The Hall–Kier alpha value is -1.78. The third-order valence-electron chi connectivity index (χ3n) is 3.15. The van der Waals surface area contributed by atoms with Crippen molar-refractivity contribution < 1.29 is 9.18 Å². The first-order valence-electron chi connectivity index (χ1n) is 6.59. The summed E-state index contributed by atoms with van der Waals surface area (Å²) in [4.78, 5) is 12.1. The van der Waals surface area contributed by atoms with Crippen LogP contribution in [0.25, 0.3) is 0 Å². The van der Waals surface area contributed by atoms with Crippen LogP contribution in [0.15, 0.2) is 42.5 Å². The number of amides is 2. The van der Waals surface area contributed by atoms with Gasteiger partial charge in [-0.05, 0) is 38.1 Å². The number of halogens is 3. The van der Waals surface area contributed by atoms with Crippen LogP contribution in [-0.4, -0.2) is 6.03 Å². The molecule has 3 nitrogen and oxygen atoms in total. The van der Waals surface area contributed by atoms with Gasteiger partial charge in [0.05, 0.1) is 15.6 Å². The first-order valence-corrected chi connectivity index (χ1v) is 7.34. The molecule has 0 heterocycles. The molecule has 2 N–H and O–H groups in total. The van der Waals surface area contributed by atoms with E-state index in [1.807, 2.05) is 0 Å². The van der Waals surface area contributed by atoms with Crippen LogP contribution in [0.3, 0.4) is 0 Å². The summed E-state index contributed by atoms with van der Waals surface area (Å²) in [5.41, 5.74) is 0.0292. The van der Waals surface area contributed by atoms with Gasteiger partial charge in [-0.3, -0.25) is 0 Å². The van der Waals surface area contributed by atoms with Crippen LogP contribution >= 0.6 is 23.2 Å². The highest BCUT2D eigenvalue weighted by Gasteiger charge is 2.25. The van der Waals surface area contributed by atoms with Crippen LogP contribution in [0.1, 0.15) is 19.4 Å². The fraction of sp³-hybridized carbons (Fsp3) is 0.188. The largest absolute Gasteiger partial charge is 0.329 e. The minimum Gasteiger partial charge on any atom is -0.329 e. The normalized spacial score (nSPS) is 11.1. The Morgan fingerprint density at radius 3 is 2.41 bits per heavy atom. The van der Waals surface area contributed by atoms with E-state index in [2.05, 4.69) is 10.6 Å². The van der Waals surface area contributed by atoms with E-state index < -0.39 is 11.6 Å². The topological polar surface area (TPSA) is 41.1 Å². The number of hydrogen-bond acceptors (Lipinski definition) is 1. The molecular formula is C16H15Cl2FN2O. The highest BCUT2D eigenvalue weighted by molar-refractivity contribution is 6.42. The van der Waals surface area contributed by atoms with E-state index in [1.165, 1.54) is 6.07 Å². The molecule has 0 aliphatic heterocycles. The SMILES string of the molecule is CC(C)(NC(=O)Nc1ccc(Cl)c(Cl)c1)c1ccccc1F. The van der Waals surface area contributed by atoms with Crippen LogP contribution in [0.5, 0.6) is 0 Å². The third-order valence-corrected chi connectivity index (χ3v) is 3.89. The second kappa shape index (κ2) is 6.55. The second-order valence-electron chi connectivity index (χ2n) is 5.31. The molecule has 0 bridgehead atoms. The van der Waals surface area contributed by atoms with Crippen LogP contribution < -0.4 is 10.6 Å². The highest BCUT2D eigenvalue weighted by atomic mass is 35.5. The van der Waals surface area contributed by atoms with E-state index in [9.17, 15) is 9.18 Å². The molecule has 0 fully saturated rings. The molecule has 2 aromatic carbocycles. The van der Waals surface area contributed by atoms with Gasteiger partial charge in [0, 0.05) is 11.3 Å². The summed E-state index contributed by atoms with van der Waals surface area (Å²) in [6.45, 7) is 3.44. The van der Waals surface area contributed by atoms with Crippen molar-refractivity contribution in [3.05, 3.63) is 63.9 Å². The van der Waals surface area contributed by atoms with Gasteiger partial charge in [-0.1, -0.05) is 41.4 Å². The summed E-state index contributed by atoms with van der Waals surface area (Å²) >= 11 is 11.7. The van der Waals surface area contributed by atoms with Crippen LogP contribution in [0.4, 0.5) is 14.9 Å². The Labute approximate surface area is 138 Å². The van der Waals surface area contributed by atoms with Crippen molar-refractivity contribution in [2.45, 2.75) is 19.4 Å². The van der Waals surface area contributed by atoms with E-state index in [1.54, 1.807) is 50.2 Å². The molecule has 0 unspecified atom stereocenters. The van der Waals surface area contributed by atoms with E-state index in [0.29, 0.717) is 21.3 Å². The van der Waals surface area contributed by atoms with E-state index in [4.69, 9.17) is 23.2 Å². The van der Waals surface area contributed by atoms with Gasteiger partial charge >= 0.3 is 6.03 Å². The number of nitrogens with one attached hydrogen (secondary N) is 2. The van der Waals surface area contributed by atoms with Gasteiger partial charge in [0.15, 0.2) is 0 Å². The molecular weight excluding hydrogens is 326 g/mol. The van der Waals surface area contributed by atoms with Crippen molar-refractivity contribution in [2.75, 3.05) is 5.32 Å². The lowest BCUT2D eigenvalue weighted by atomic mass is 9.94. The third kappa shape index (κ3) is 3.90. The maximum Gasteiger partial charge on any atom is 0.319 e. The fourth-order valence-electron chi connectivity index (χ4n) is 2.06. The van der Waals surface area contributed by atoms with Gasteiger partial charge in [0.2, 0.25) is 0 Å².